The van der Waals surface area contributed by atoms with Crippen molar-refractivity contribution in [1.82, 2.24) is 5.32 Å². The molecule has 0 saturated carbocycles. The first-order valence-corrected chi connectivity index (χ1v) is 10.5. The molecule has 1 aromatic carbocycles. The Hall–Kier alpha value is -2.20. The molecule has 0 aliphatic heterocycles. The lowest BCUT2D eigenvalue weighted by molar-refractivity contribution is -0.139. The molecule has 1 rings (SSSR count). The molecule has 0 fully saturated rings. The zero-order valence-corrected chi connectivity index (χ0v) is 16.4. The number of nitrogens with zero attached hydrogens (tertiary/aromatic N) is 1. The number of rotatable bonds is 12. The fourth-order valence-electron chi connectivity index (χ4n) is 2.39. The number of unbranched alkanes of at least 4 members (excludes halogenated alkanes) is 1. The van der Waals surface area contributed by atoms with E-state index >= 15 is 0 Å². The van der Waals surface area contributed by atoms with Gasteiger partial charge >= 0.3 is 13.6 Å². The van der Waals surface area contributed by atoms with Crippen molar-refractivity contribution in [2.45, 2.75) is 45.3 Å². The quantitative estimate of drug-likeness (QED) is 0.410. The van der Waals surface area contributed by atoms with E-state index in [0.717, 1.165) is 0 Å². The number of benzene rings is 1. The second-order valence-corrected chi connectivity index (χ2v) is 7.77. The monoisotopic (exact) mass is 396 g/mol. The number of aliphatic carboxylic acids is 1. The molecule has 27 heavy (non-hydrogen) atoms. The first-order valence-electron chi connectivity index (χ1n) is 8.73. The minimum atomic E-state index is -3.24. The molecule has 0 radical (unpaired) electrons. The second-order valence-electron chi connectivity index (χ2n) is 5.72. The maximum Gasteiger partial charge on any atom is 0.335 e. The van der Waals surface area contributed by atoms with Gasteiger partial charge in [-0.05, 0) is 44.4 Å². The Morgan fingerprint density at radius 1 is 1.22 bits per heavy atom. The lowest BCUT2D eigenvalue weighted by Gasteiger charge is -2.17. The van der Waals surface area contributed by atoms with E-state index < -0.39 is 25.5 Å². The molecule has 0 spiro atoms. The van der Waals surface area contributed by atoms with Crippen molar-refractivity contribution >= 4 is 19.5 Å². The van der Waals surface area contributed by atoms with Crippen LogP contribution in [0.5, 0.6) is 0 Å². The Balaban J connectivity index is 2.76. The predicted molar refractivity (Wildman–Crippen MR) is 99.4 cm³/mol. The second kappa shape index (κ2) is 11.5. The molecule has 0 bridgehead atoms. The average molecular weight is 396 g/mol. The van der Waals surface area contributed by atoms with Crippen molar-refractivity contribution in [3.63, 3.8) is 0 Å². The zero-order valence-electron chi connectivity index (χ0n) is 15.5. The molecule has 0 aliphatic rings. The molecule has 0 unspecified atom stereocenters. The van der Waals surface area contributed by atoms with Gasteiger partial charge in [0, 0.05) is 12.0 Å². The van der Waals surface area contributed by atoms with E-state index in [4.69, 9.17) is 14.3 Å². The Labute approximate surface area is 159 Å². The Kier molecular flexibility index (Phi) is 9.73. The van der Waals surface area contributed by atoms with E-state index in [1.165, 1.54) is 12.1 Å². The smallest absolute Gasteiger partial charge is 0.335 e. The van der Waals surface area contributed by atoms with Gasteiger partial charge < -0.3 is 19.5 Å². The highest BCUT2D eigenvalue weighted by Crippen LogP contribution is 2.51. The first kappa shape index (κ1) is 22.8. The molecule has 1 aromatic rings. The summed E-state index contributed by atoms with van der Waals surface area (Å²) in [6.45, 7) is 3.99. The number of nitriles is 1. The predicted octanol–water partition coefficient (Wildman–Crippen LogP) is 3.33. The number of carbonyl (C=O) groups is 2. The fourth-order valence-corrected chi connectivity index (χ4v) is 4.09. The van der Waals surface area contributed by atoms with Gasteiger partial charge in [0.15, 0.2) is 0 Å². The average Bonchev–Trinajstić information content (AvgIpc) is 2.61. The van der Waals surface area contributed by atoms with Crippen LogP contribution in [-0.4, -0.2) is 36.2 Å². The molecular formula is C18H25N2O6P. The first-order chi connectivity index (χ1) is 12.8. The van der Waals surface area contributed by atoms with E-state index in [1.54, 1.807) is 26.0 Å². The third-order valence-electron chi connectivity index (χ3n) is 3.63. The van der Waals surface area contributed by atoms with Gasteiger partial charge in [-0.3, -0.25) is 9.36 Å². The van der Waals surface area contributed by atoms with Crippen molar-refractivity contribution in [3.8, 4) is 6.07 Å². The van der Waals surface area contributed by atoms with Gasteiger partial charge in [-0.15, -0.1) is 0 Å². The van der Waals surface area contributed by atoms with Gasteiger partial charge in [0.25, 0.3) is 5.91 Å². The summed E-state index contributed by atoms with van der Waals surface area (Å²) in [5.74, 6) is -1.67. The number of amides is 1. The summed E-state index contributed by atoms with van der Waals surface area (Å²) >= 11 is 0. The highest BCUT2D eigenvalue weighted by molar-refractivity contribution is 7.53. The number of hydrogen-bond donors (Lipinski definition) is 2. The van der Waals surface area contributed by atoms with Crippen LogP contribution in [0.15, 0.2) is 24.3 Å². The summed E-state index contributed by atoms with van der Waals surface area (Å²) in [5, 5.41) is 20.2. The van der Waals surface area contributed by atoms with Crippen molar-refractivity contribution in [2.24, 2.45) is 0 Å². The van der Waals surface area contributed by atoms with Crippen molar-refractivity contribution < 1.29 is 28.3 Å². The van der Waals surface area contributed by atoms with Gasteiger partial charge in [0.05, 0.1) is 25.4 Å². The molecule has 0 saturated heterocycles. The lowest BCUT2D eigenvalue weighted by atomic mass is 10.1. The SMILES string of the molecule is CCOP(=O)(Cc1ccc(C(=O)N[C@@H](CCCC#N)C(=O)O)cc1)OCC. The van der Waals surface area contributed by atoms with Crippen LogP contribution in [0.2, 0.25) is 0 Å². The Bertz CT molecular complexity index is 704. The minimum Gasteiger partial charge on any atom is -0.480 e. The summed E-state index contributed by atoms with van der Waals surface area (Å²) in [6, 6.07) is 7.20. The van der Waals surface area contributed by atoms with Crippen LogP contribution in [0, 0.1) is 11.3 Å². The van der Waals surface area contributed by atoms with Gasteiger partial charge in [-0.25, -0.2) is 4.79 Å². The normalized spacial score (nSPS) is 12.2. The number of nitrogens with one attached hydrogen (secondary N) is 1. The van der Waals surface area contributed by atoms with Crippen LogP contribution in [0.3, 0.4) is 0 Å². The van der Waals surface area contributed by atoms with E-state index in [1.807, 2.05) is 6.07 Å². The Morgan fingerprint density at radius 3 is 2.30 bits per heavy atom. The van der Waals surface area contributed by atoms with Crippen molar-refractivity contribution in [2.75, 3.05) is 13.2 Å². The summed E-state index contributed by atoms with van der Waals surface area (Å²) in [4.78, 5) is 23.5. The summed E-state index contributed by atoms with van der Waals surface area (Å²) in [6.07, 6.45) is 0.881. The van der Waals surface area contributed by atoms with Gasteiger partial charge in [0.2, 0.25) is 0 Å². The molecule has 148 valence electrons. The minimum absolute atomic E-state index is 0.0858. The molecule has 0 aromatic heterocycles. The zero-order chi connectivity index (χ0) is 20.3. The van der Waals surface area contributed by atoms with Crippen LogP contribution in [0.1, 0.15) is 49.0 Å². The number of carbonyl (C=O) groups excluding carboxylic acids is 1. The topological polar surface area (TPSA) is 126 Å². The van der Waals surface area contributed by atoms with Crippen LogP contribution < -0.4 is 5.32 Å². The highest BCUT2D eigenvalue weighted by Gasteiger charge is 2.24. The molecular weight excluding hydrogens is 371 g/mol. The Morgan fingerprint density at radius 2 is 1.81 bits per heavy atom. The van der Waals surface area contributed by atoms with E-state index in [2.05, 4.69) is 5.32 Å². The van der Waals surface area contributed by atoms with E-state index in [-0.39, 0.29) is 37.8 Å². The van der Waals surface area contributed by atoms with Crippen molar-refractivity contribution in [3.05, 3.63) is 35.4 Å². The molecule has 2 N–H and O–H groups in total. The third kappa shape index (κ3) is 7.92. The number of carboxylic acid groups (broad SMARTS) is 1. The molecule has 1 atom stereocenters. The number of carboxylic acids is 1. The van der Waals surface area contributed by atoms with Crippen LogP contribution in [0.4, 0.5) is 0 Å². The molecule has 1 amide bonds. The lowest BCUT2D eigenvalue weighted by Crippen LogP contribution is -2.40. The maximum absolute atomic E-state index is 12.5. The van der Waals surface area contributed by atoms with Crippen LogP contribution >= 0.6 is 7.60 Å². The largest absolute Gasteiger partial charge is 0.480 e. The van der Waals surface area contributed by atoms with E-state index in [0.29, 0.717) is 12.0 Å². The fraction of sp³-hybridized carbons (Fsp3) is 0.500. The van der Waals surface area contributed by atoms with Crippen molar-refractivity contribution in [1.29, 1.82) is 5.26 Å². The maximum atomic E-state index is 12.5. The number of hydrogen-bond acceptors (Lipinski definition) is 6. The van der Waals surface area contributed by atoms with Gasteiger partial charge in [0.1, 0.15) is 6.04 Å². The molecule has 9 heteroatoms. The third-order valence-corrected chi connectivity index (χ3v) is 5.68. The summed E-state index contributed by atoms with van der Waals surface area (Å²) in [5.41, 5.74) is 0.966. The highest BCUT2D eigenvalue weighted by atomic mass is 31.2. The summed E-state index contributed by atoms with van der Waals surface area (Å²) in [7, 11) is -3.24. The summed E-state index contributed by atoms with van der Waals surface area (Å²) < 4.78 is 23.0. The molecule has 0 aliphatic carbocycles. The standard InChI is InChI=1S/C18H25N2O6P/c1-3-25-27(24,26-4-2)13-14-8-10-15(11-9-14)17(21)20-16(18(22)23)7-5-6-12-19/h8-11,16H,3-7,13H2,1-2H3,(H,20,21)(H,22,23)/t16-/m0/s1. The van der Waals surface area contributed by atoms with Gasteiger partial charge in [-0.2, -0.15) is 5.26 Å². The van der Waals surface area contributed by atoms with Crippen LogP contribution in [0.25, 0.3) is 0 Å². The van der Waals surface area contributed by atoms with E-state index in [9.17, 15) is 19.3 Å². The van der Waals surface area contributed by atoms with Gasteiger partial charge in [-0.1, -0.05) is 12.1 Å². The molecule has 0 heterocycles. The van der Waals surface area contributed by atoms with Crippen LogP contribution in [-0.2, 0) is 24.6 Å². The molecule has 8 nitrogen and oxygen atoms in total.